The summed E-state index contributed by atoms with van der Waals surface area (Å²) in [6.45, 7) is 0. The van der Waals surface area contributed by atoms with E-state index in [9.17, 15) is 4.79 Å². The van der Waals surface area contributed by atoms with E-state index in [4.69, 9.17) is 11.0 Å². The molecule has 0 aliphatic rings. The van der Waals surface area contributed by atoms with Gasteiger partial charge in [-0.1, -0.05) is 18.2 Å². The molecule has 0 bridgehead atoms. The highest BCUT2D eigenvalue weighted by molar-refractivity contribution is 8.00. The molecule has 1 aromatic carbocycles. The Bertz CT molecular complexity index is 713. The first-order chi connectivity index (χ1) is 10.6. The highest BCUT2D eigenvalue weighted by atomic mass is 32.2. The fraction of sp³-hybridized carbons (Fsp3) is 0.133. The van der Waals surface area contributed by atoms with Crippen molar-refractivity contribution in [2.24, 2.45) is 0 Å². The third-order valence-electron chi connectivity index (χ3n) is 2.70. The van der Waals surface area contributed by atoms with Gasteiger partial charge in [-0.2, -0.15) is 5.26 Å². The monoisotopic (exact) mass is 330 g/mol. The number of pyridine rings is 1. The molecular formula is C15H14N4OS2. The number of nitrogens with zero attached hydrogens (tertiary/aromatic N) is 2. The number of nitrogen functional groups attached to an aromatic ring is 1. The minimum atomic E-state index is -0.169. The van der Waals surface area contributed by atoms with Gasteiger partial charge in [0.05, 0.1) is 11.4 Å². The standard InChI is InChI=1S/C15H14N4OS2/c1-21-15-11(8-16)12(17)7-13(19-15)18-14(20)9-22-10-5-3-2-4-6-10/h2-7H,9H2,1H3,(H3,17,18,19,20). The SMILES string of the molecule is CSc1nc(NC(=O)CSc2ccccc2)cc(N)c1C#N. The molecule has 3 N–H and O–H groups in total. The van der Waals surface area contributed by atoms with E-state index in [1.165, 1.54) is 29.6 Å². The van der Waals surface area contributed by atoms with Crippen molar-refractivity contribution < 1.29 is 4.79 Å². The van der Waals surface area contributed by atoms with Crippen LogP contribution in [0.1, 0.15) is 5.56 Å². The van der Waals surface area contributed by atoms with Gasteiger partial charge in [-0.3, -0.25) is 4.79 Å². The maximum Gasteiger partial charge on any atom is 0.235 e. The van der Waals surface area contributed by atoms with Gasteiger partial charge in [-0.15, -0.1) is 23.5 Å². The van der Waals surface area contributed by atoms with Crippen molar-refractivity contribution in [3.8, 4) is 6.07 Å². The summed E-state index contributed by atoms with van der Waals surface area (Å²) in [5, 5.41) is 12.3. The van der Waals surface area contributed by atoms with E-state index < -0.39 is 0 Å². The second kappa shape index (κ2) is 7.73. The molecule has 1 amide bonds. The molecule has 1 heterocycles. The quantitative estimate of drug-likeness (QED) is 0.819. The Balaban J connectivity index is 2.03. The lowest BCUT2D eigenvalue weighted by atomic mass is 10.2. The van der Waals surface area contributed by atoms with Crippen molar-refractivity contribution in [1.29, 1.82) is 5.26 Å². The van der Waals surface area contributed by atoms with E-state index in [0.717, 1.165) is 4.90 Å². The molecule has 0 saturated carbocycles. The van der Waals surface area contributed by atoms with E-state index in [0.29, 0.717) is 22.1 Å². The summed E-state index contributed by atoms with van der Waals surface area (Å²) < 4.78 is 0. The van der Waals surface area contributed by atoms with E-state index in [1.54, 1.807) is 6.26 Å². The summed E-state index contributed by atoms with van der Waals surface area (Å²) in [4.78, 5) is 17.2. The minimum Gasteiger partial charge on any atom is -0.397 e. The molecule has 0 fully saturated rings. The summed E-state index contributed by atoms with van der Waals surface area (Å²) in [7, 11) is 0. The number of rotatable bonds is 5. The number of benzene rings is 1. The number of amides is 1. The highest BCUT2D eigenvalue weighted by Crippen LogP contribution is 2.26. The van der Waals surface area contributed by atoms with Crippen LogP contribution in [0.4, 0.5) is 11.5 Å². The fourth-order valence-electron chi connectivity index (χ4n) is 1.71. The Kier molecular flexibility index (Phi) is 5.69. The van der Waals surface area contributed by atoms with Crippen molar-refractivity contribution in [3.63, 3.8) is 0 Å². The van der Waals surface area contributed by atoms with Crippen LogP contribution in [0.15, 0.2) is 46.3 Å². The van der Waals surface area contributed by atoms with E-state index in [-0.39, 0.29) is 11.7 Å². The topological polar surface area (TPSA) is 91.8 Å². The molecule has 0 atom stereocenters. The fourth-order valence-corrected chi connectivity index (χ4v) is 2.99. The molecule has 112 valence electrons. The second-order valence-corrected chi connectivity index (χ2v) is 6.09. The Hall–Kier alpha value is -2.17. The van der Waals surface area contributed by atoms with Gasteiger partial charge in [0.25, 0.3) is 0 Å². The average molecular weight is 330 g/mol. The van der Waals surface area contributed by atoms with Crippen LogP contribution in [0.25, 0.3) is 0 Å². The first-order valence-electron chi connectivity index (χ1n) is 6.36. The predicted molar refractivity (Wildman–Crippen MR) is 90.9 cm³/mol. The number of nitriles is 1. The molecule has 0 unspecified atom stereocenters. The molecule has 1 aromatic heterocycles. The molecule has 7 heteroatoms. The van der Waals surface area contributed by atoms with Gasteiger partial charge in [0.1, 0.15) is 22.5 Å². The molecule has 2 rings (SSSR count). The molecule has 2 aromatic rings. The summed E-state index contributed by atoms with van der Waals surface area (Å²) in [6.07, 6.45) is 1.81. The van der Waals surface area contributed by atoms with Crippen LogP contribution in [0, 0.1) is 11.3 Å². The lowest BCUT2D eigenvalue weighted by Crippen LogP contribution is -2.15. The van der Waals surface area contributed by atoms with Gasteiger partial charge in [0.2, 0.25) is 5.91 Å². The number of aromatic nitrogens is 1. The number of hydrogen-bond acceptors (Lipinski definition) is 6. The number of carbonyl (C=O) groups is 1. The summed E-state index contributed by atoms with van der Waals surface area (Å²) in [5.41, 5.74) is 6.47. The average Bonchev–Trinajstić information content (AvgIpc) is 2.53. The summed E-state index contributed by atoms with van der Waals surface area (Å²) >= 11 is 2.76. The zero-order valence-electron chi connectivity index (χ0n) is 11.9. The lowest BCUT2D eigenvalue weighted by Gasteiger charge is -2.09. The van der Waals surface area contributed by atoms with Crippen LogP contribution in [0.2, 0.25) is 0 Å². The highest BCUT2D eigenvalue weighted by Gasteiger charge is 2.11. The van der Waals surface area contributed by atoms with Crippen LogP contribution in [0.3, 0.4) is 0 Å². The third kappa shape index (κ3) is 4.16. The van der Waals surface area contributed by atoms with Crippen LogP contribution in [0.5, 0.6) is 0 Å². The van der Waals surface area contributed by atoms with Gasteiger partial charge < -0.3 is 11.1 Å². The molecule has 5 nitrogen and oxygen atoms in total. The van der Waals surface area contributed by atoms with E-state index >= 15 is 0 Å². The zero-order valence-corrected chi connectivity index (χ0v) is 13.5. The zero-order chi connectivity index (χ0) is 15.9. The molecule has 0 spiro atoms. The smallest absolute Gasteiger partial charge is 0.235 e. The molecule has 0 aliphatic heterocycles. The van der Waals surface area contributed by atoms with E-state index in [2.05, 4.69) is 10.3 Å². The molecule has 22 heavy (non-hydrogen) atoms. The van der Waals surface area contributed by atoms with Gasteiger partial charge in [-0.05, 0) is 18.4 Å². The predicted octanol–water partition coefficient (Wildman–Crippen LogP) is 2.99. The second-order valence-electron chi connectivity index (χ2n) is 4.24. The normalized spacial score (nSPS) is 10.0. The Labute approximate surface area is 137 Å². The third-order valence-corrected chi connectivity index (χ3v) is 4.40. The molecule has 0 radical (unpaired) electrons. The first-order valence-corrected chi connectivity index (χ1v) is 8.57. The Morgan fingerprint density at radius 3 is 2.77 bits per heavy atom. The van der Waals surface area contributed by atoms with Crippen molar-refractivity contribution in [2.45, 2.75) is 9.92 Å². The van der Waals surface area contributed by atoms with Gasteiger partial charge in [0, 0.05) is 11.0 Å². The van der Waals surface area contributed by atoms with Crippen molar-refractivity contribution in [2.75, 3.05) is 23.1 Å². The van der Waals surface area contributed by atoms with Crippen molar-refractivity contribution >= 4 is 40.9 Å². The summed E-state index contributed by atoms with van der Waals surface area (Å²) in [6, 6.07) is 13.2. The van der Waals surface area contributed by atoms with E-state index in [1.807, 2.05) is 36.4 Å². The summed E-state index contributed by atoms with van der Waals surface area (Å²) in [5.74, 6) is 0.470. The maximum absolute atomic E-state index is 12.0. The van der Waals surface area contributed by atoms with Gasteiger partial charge in [0.15, 0.2) is 0 Å². The van der Waals surface area contributed by atoms with Crippen LogP contribution < -0.4 is 11.1 Å². The lowest BCUT2D eigenvalue weighted by molar-refractivity contribution is -0.113. The van der Waals surface area contributed by atoms with Gasteiger partial charge in [-0.25, -0.2) is 4.98 Å². The number of thioether (sulfide) groups is 2. The number of anilines is 2. The molecule has 0 aliphatic carbocycles. The Morgan fingerprint density at radius 1 is 1.41 bits per heavy atom. The Morgan fingerprint density at radius 2 is 2.14 bits per heavy atom. The molecule has 0 saturated heterocycles. The van der Waals surface area contributed by atoms with Crippen LogP contribution in [-0.2, 0) is 4.79 Å². The molecular weight excluding hydrogens is 316 g/mol. The number of hydrogen-bond donors (Lipinski definition) is 2. The maximum atomic E-state index is 12.0. The van der Waals surface area contributed by atoms with Crippen LogP contribution in [-0.4, -0.2) is 22.9 Å². The van der Waals surface area contributed by atoms with Crippen molar-refractivity contribution in [3.05, 3.63) is 42.0 Å². The first kappa shape index (κ1) is 16.2. The number of carbonyl (C=O) groups excluding carboxylic acids is 1. The largest absolute Gasteiger partial charge is 0.397 e. The number of nitrogens with one attached hydrogen (secondary N) is 1. The number of nitrogens with two attached hydrogens (primary N) is 1. The van der Waals surface area contributed by atoms with Crippen LogP contribution >= 0.6 is 23.5 Å². The van der Waals surface area contributed by atoms with Gasteiger partial charge >= 0.3 is 0 Å². The van der Waals surface area contributed by atoms with Crippen molar-refractivity contribution in [1.82, 2.24) is 4.98 Å². The minimum absolute atomic E-state index is 0.169.